The Morgan fingerprint density at radius 3 is 2.33 bits per heavy atom. The van der Waals surface area contributed by atoms with Crippen LogP contribution in [0.5, 0.6) is 5.75 Å². The van der Waals surface area contributed by atoms with E-state index in [1.807, 2.05) is 74.5 Å². The maximum absolute atomic E-state index is 13.6. The highest BCUT2D eigenvalue weighted by Crippen LogP contribution is 2.28. The number of hydrogen-bond donors (Lipinski definition) is 0. The molecule has 1 atom stereocenters. The molecule has 0 radical (unpaired) electrons. The lowest BCUT2D eigenvalue weighted by atomic mass is 9.90. The SMILES string of the molecule is CCOC(=O)C(C)c1cccc(CN(C(=O)c2cccc(OC)c2)c2ccccc2)c1CC. The minimum absolute atomic E-state index is 0.119. The first-order chi connectivity index (χ1) is 16.0. The first-order valence-electron chi connectivity index (χ1n) is 11.3. The predicted octanol–water partition coefficient (Wildman–Crippen LogP) is 5.77. The molecule has 33 heavy (non-hydrogen) atoms. The molecule has 3 rings (SSSR count). The Kier molecular flexibility index (Phi) is 8.25. The average Bonchev–Trinajstić information content (AvgIpc) is 2.86. The summed E-state index contributed by atoms with van der Waals surface area (Å²) in [6, 6.07) is 22.7. The standard InChI is InChI=1S/C28H31NO4/c1-5-25-22(13-11-17-26(25)20(3)28(31)33-6-2)19-29(23-14-8-7-9-15-23)27(30)21-12-10-16-24(18-21)32-4/h7-18,20H,5-6,19H2,1-4H3. The third kappa shape index (κ3) is 5.61. The fourth-order valence-corrected chi connectivity index (χ4v) is 4.00. The summed E-state index contributed by atoms with van der Waals surface area (Å²) in [7, 11) is 1.59. The van der Waals surface area contributed by atoms with Crippen molar-refractivity contribution in [1.29, 1.82) is 0 Å². The minimum Gasteiger partial charge on any atom is -0.497 e. The molecular weight excluding hydrogens is 414 g/mol. The first-order valence-corrected chi connectivity index (χ1v) is 11.3. The highest BCUT2D eigenvalue weighted by molar-refractivity contribution is 6.06. The van der Waals surface area contributed by atoms with Gasteiger partial charge in [0, 0.05) is 11.3 Å². The Bertz CT molecular complexity index is 1090. The van der Waals surface area contributed by atoms with Crippen LogP contribution < -0.4 is 9.64 Å². The number of hydrogen-bond acceptors (Lipinski definition) is 4. The molecule has 0 spiro atoms. The topological polar surface area (TPSA) is 55.8 Å². The van der Waals surface area contributed by atoms with Crippen molar-refractivity contribution in [2.24, 2.45) is 0 Å². The van der Waals surface area contributed by atoms with Gasteiger partial charge in [0.1, 0.15) is 5.75 Å². The van der Waals surface area contributed by atoms with Crippen LogP contribution in [0.3, 0.4) is 0 Å². The van der Waals surface area contributed by atoms with Gasteiger partial charge in [-0.2, -0.15) is 0 Å². The summed E-state index contributed by atoms with van der Waals surface area (Å²) in [5.41, 5.74) is 4.36. The van der Waals surface area contributed by atoms with Crippen LogP contribution in [0.1, 0.15) is 53.7 Å². The van der Waals surface area contributed by atoms with Crippen LogP contribution in [0.15, 0.2) is 72.8 Å². The number of benzene rings is 3. The summed E-state index contributed by atoms with van der Waals surface area (Å²) in [5.74, 6) is -0.102. The van der Waals surface area contributed by atoms with Crippen LogP contribution in [0, 0.1) is 0 Å². The lowest BCUT2D eigenvalue weighted by molar-refractivity contribution is -0.144. The molecule has 0 aromatic heterocycles. The fourth-order valence-electron chi connectivity index (χ4n) is 4.00. The van der Waals surface area contributed by atoms with Crippen molar-refractivity contribution in [3.8, 4) is 5.75 Å². The van der Waals surface area contributed by atoms with Crippen LogP contribution in [0.4, 0.5) is 5.69 Å². The van der Waals surface area contributed by atoms with Crippen molar-refractivity contribution in [2.75, 3.05) is 18.6 Å². The van der Waals surface area contributed by atoms with E-state index in [0.717, 1.165) is 28.8 Å². The molecule has 0 bridgehead atoms. The van der Waals surface area contributed by atoms with Crippen molar-refractivity contribution >= 4 is 17.6 Å². The first kappa shape index (κ1) is 24.1. The molecule has 0 fully saturated rings. The van der Waals surface area contributed by atoms with E-state index in [1.54, 1.807) is 24.1 Å². The Balaban J connectivity index is 2.02. The van der Waals surface area contributed by atoms with Crippen LogP contribution in [0.2, 0.25) is 0 Å². The summed E-state index contributed by atoms with van der Waals surface area (Å²) in [5, 5.41) is 0. The maximum atomic E-state index is 13.6. The summed E-state index contributed by atoms with van der Waals surface area (Å²) in [4.78, 5) is 27.8. The molecule has 172 valence electrons. The summed E-state index contributed by atoms with van der Waals surface area (Å²) in [6.07, 6.45) is 0.741. The van der Waals surface area contributed by atoms with E-state index < -0.39 is 0 Å². The van der Waals surface area contributed by atoms with Gasteiger partial charge in [-0.1, -0.05) is 49.4 Å². The van der Waals surface area contributed by atoms with Gasteiger partial charge in [-0.3, -0.25) is 9.59 Å². The Morgan fingerprint density at radius 1 is 0.939 bits per heavy atom. The molecule has 0 aliphatic carbocycles. The number of methoxy groups -OCH3 is 1. The predicted molar refractivity (Wildman–Crippen MR) is 131 cm³/mol. The van der Waals surface area contributed by atoms with Crippen molar-refractivity contribution in [1.82, 2.24) is 0 Å². The smallest absolute Gasteiger partial charge is 0.313 e. The second-order valence-corrected chi connectivity index (χ2v) is 7.77. The molecule has 0 saturated carbocycles. The summed E-state index contributed by atoms with van der Waals surface area (Å²) in [6.45, 7) is 6.47. The second kappa shape index (κ2) is 11.3. The van der Waals surface area contributed by atoms with E-state index in [1.165, 1.54) is 0 Å². The normalized spacial score (nSPS) is 11.5. The Hall–Kier alpha value is -3.60. The zero-order valence-corrected chi connectivity index (χ0v) is 19.7. The van der Waals surface area contributed by atoms with E-state index in [2.05, 4.69) is 6.92 Å². The lowest BCUT2D eigenvalue weighted by Gasteiger charge is -2.26. The molecule has 5 heteroatoms. The number of carbonyl (C=O) groups is 2. The van der Waals surface area contributed by atoms with Crippen molar-refractivity contribution in [2.45, 2.75) is 39.7 Å². The van der Waals surface area contributed by atoms with Crippen molar-refractivity contribution in [3.63, 3.8) is 0 Å². The number of rotatable bonds is 9. The molecule has 0 heterocycles. The van der Waals surface area contributed by atoms with Crippen LogP contribution >= 0.6 is 0 Å². The van der Waals surface area contributed by atoms with E-state index >= 15 is 0 Å². The largest absolute Gasteiger partial charge is 0.497 e. The second-order valence-electron chi connectivity index (χ2n) is 7.77. The van der Waals surface area contributed by atoms with Crippen LogP contribution in [-0.2, 0) is 22.5 Å². The number of para-hydroxylation sites is 1. The molecule has 0 aliphatic rings. The van der Waals surface area contributed by atoms with Gasteiger partial charge in [0.05, 0.1) is 26.2 Å². The quantitative estimate of drug-likeness (QED) is 0.392. The van der Waals surface area contributed by atoms with Gasteiger partial charge in [0.25, 0.3) is 5.91 Å². The number of anilines is 1. The number of esters is 1. The molecule has 0 N–H and O–H groups in total. The van der Waals surface area contributed by atoms with Gasteiger partial charge >= 0.3 is 5.97 Å². The maximum Gasteiger partial charge on any atom is 0.313 e. The minimum atomic E-state index is -0.376. The molecular formula is C28H31NO4. The van der Waals surface area contributed by atoms with Gasteiger partial charge < -0.3 is 14.4 Å². The number of carbonyl (C=O) groups excluding carboxylic acids is 2. The van der Waals surface area contributed by atoms with E-state index in [-0.39, 0.29) is 17.8 Å². The van der Waals surface area contributed by atoms with Gasteiger partial charge in [-0.15, -0.1) is 0 Å². The molecule has 1 amide bonds. The summed E-state index contributed by atoms with van der Waals surface area (Å²) < 4.78 is 10.6. The third-order valence-corrected chi connectivity index (χ3v) is 5.73. The van der Waals surface area contributed by atoms with E-state index in [9.17, 15) is 9.59 Å². The zero-order valence-electron chi connectivity index (χ0n) is 19.7. The molecule has 1 unspecified atom stereocenters. The third-order valence-electron chi connectivity index (χ3n) is 5.73. The molecule has 0 saturated heterocycles. The highest BCUT2D eigenvalue weighted by Gasteiger charge is 2.24. The molecule has 3 aromatic carbocycles. The van der Waals surface area contributed by atoms with Gasteiger partial charge in [0.2, 0.25) is 0 Å². The van der Waals surface area contributed by atoms with Crippen molar-refractivity contribution < 1.29 is 19.1 Å². The fraction of sp³-hybridized carbons (Fsp3) is 0.286. The van der Waals surface area contributed by atoms with Gasteiger partial charge in [0.15, 0.2) is 0 Å². The zero-order chi connectivity index (χ0) is 23.8. The summed E-state index contributed by atoms with van der Waals surface area (Å²) >= 11 is 0. The monoisotopic (exact) mass is 445 g/mol. The van der Waals surface area contributed by atoms with Crippen LogP contribution in [0.25, 0.3) is 0 Å². The van der Waals surface area contributed by atoms with E-state index in [4.69, 9.17) is 9.47 Å². The number of ether oxygens (including phenoxy) is 2. The molecule has 3 aromatic rings. The number of amides is 1. The average molecular weight is 446 g/mol. The Morgan fingerprint density at radius 2 is 1.67 bits per heavy atom. The van der Waals surface area contributed by atoms with Crippen molar-refractivity contribution in [3.05, 3.63) is 95.1 Å². The highest BCUT2D eigenvalue weighted by atomic mass is 16.5. The van der Waals surface area contributed by atoms with Gasteiger partial charge in [-0.25, -0.2) is 0 Å². The Labute approximate surface area is 196 Å². The lowest BCUT2D eigenvalue weighted by Crippen LogP contribution is -2.31. The molecule has 0 aliphatic heterocycles. The van der Waals surface area contributed by atoms with Gasteiger partial charge in [-0.05, 0) is 67.3 Å². The van der Waals surface area contributed by atoms with Crippen LogP contribution in [-0.4, -0.2) is 25.6 Å². The number of nitrogens with zero attached hydrogens (tertiary/aromatic N) is 1. The molecule has 5 nitrogen and oxygen atoms in total. The van der Waals surface area contributed by atoms with E-state index in [0.29, 0.717) is 24.5 Å².